The number of hydrogen-bond donors (Lipinski definition) is 1. The molecular formula is C24H27F3N6S. The zero-order valence-electron chi connectivity index (χ0n) is 18.9. The number of nitrogens with one attached hydrogen (secondary N) is 1. The molecule has 1 N–H and O–H groups in total. The molecule has 1 saturated heterocycles. The van der Waals surface area contributed by atoms with E-state index < -0.39 is 11.7 Å². The Bertz CT molecular complexity index is 1160. The lowest BCUT2D eigenvalue weighted by Gasteiger charge is -2.38. The number of alkyl halides is 3. The van der Waals surface area contributed by atoms with Crippen molar-refractivity contribution in [3.63, 3.8) is 0 Å². The fraction of sp³-hybridized carbons (Fsp3) is 0.542. The van der Waals surface area contributed by atoms with Gasteiger partial charge in [-0.3, -0.25) is 0 Å². The summed E-state index contributed by atoms with van der Waals surface area (Å²) in [5.74, 6) is 2.53. The average molecular weight is 489 g/mol. The fourth-order valence-corrected chi connectivity index (χ4v) is 6.70. The van der Waals surface area contributed by atoms with Gasteiger partial charge in [0.25, 0.3) is 0 Å². The molecule has 180 valence electrons. The van der Waals surface area contributed by atoms with Gasteiger partial charge in [0.1, 0.15) is 10.8 Å². The number of halogens is 3. The van der Waals surface area contributed by atoms with Gasteiger partial charge in [0, 0.05) is 31.6 Å². The summed E-state index contributed by atoms with van der Waals surface area (Å²) in [6.45, 7) is 4.85. The Hall–Kier alpha value is -2.62. The van der Waals surface area contributed by atoms with Crippen LogP contribution in [0.5, 0.6) is 0 Å². The highest BCUT2D eigenvalue weighted by Gasteiger charge is 2.43. The van der Waals surface area contributed by atoms with Crippen LogP contribution in [0.2, 0.25) is 0 Å². The molecule has 0 spiro atoms. The number of hydrogen-bond acceptors (Lipinski definition) is 6. The van der Waals surface area contributed by atoms with Crippen LogP contribution in [0.1, 0.15) is 54.2 Å². The molecule has 0 amide bonds. The number of aryl methyl sites for hydroxylation is 2. The van der Waals surface area contributed by atoms with Crippen molar-refractivity contribution in [3.05, 3.63) is 53.0 Å². The summed E-state index contributed by atoms with van der Waals surface area (Å²) in [4.78, 5) is 7.32. The Morgan fingerprint density at radius 1 is 1.06 bits per heavy atom. The molecule has 0 radical (unpaired) electrons. The van der Waals surface area contributed by atoms with E-state index in [1.165, 1.54) is 30.0 Å². The first-order valence-corrected chi connectivity index (χ1v) is 12.7. The molecular weight excluding hydrogens is 461 g/mol. The molecule has 3 aliphatic rings. The molecule has 4 atom stereocenters. The zero-order chi connectivity index (χ0) is 23.4. The number of fused-ring (bicyclic) bond motifs is 3. The van der Waals surface area contributed by atoms with E-state index in [1.54, 1.807) is 23.7 Å². The minimum atomic E-state index is -4.32. The highest BCUT2D eigenvalue weighted by atomic mass is 32.1. The van der Waals surface area contributed by atoms with Crippen LogP contribution >= 0.6 is 11.5 Å². The van der Waals surface area contributed by atoms with Crippen molar-refractivity contribution in [2.45, 2.75) is 57.3 Å². The van der Waals surface area contributed by atoms with Crippen molar-refractivity contribution in [2.75, 3.05) is 23.3 Å². The summed E-state index contributed by atoms with van der Waals surface area (Å²) in [5, 5.41) is 9.65. The number of nitrogens with zero attached hydrogens (tertiary/aromatic N) is 5. The molecule has 2 fully saturated rings. The first-order valence-electron chi connectivity index (χ1n) is 11.9. The molecule has 4 heterocycles. The first kappa shape index (κ1) is 21.9. The Morgan fingerprint density at radius 3 is 2.44 bits per heavy atom. The molecule has 2 aromatic heterocycles. The van der Waals surface area contributed by atoms with Crippen molar-refractivity contribution in [1.29, 1.82) is 0 Å². The molecule has 6 rings (SSSR count). The lowest BCUT2D eigenvalue weighted by molar-refractivity contribution is -0.137. The maximum absolute atomic E-state index is 13.0. The number of piperidine rings is 1. The topological polar surface area (TPSA) is 58.9 Å². The maximum Gasteiger partial charge on any atom is 0.416 e. The van der Waals surface area contributed by atoms with E-state index in [0.717, 1.165) is 49.6 Å². The van der Waals surface area contributed by atoms with E-state index in [1.807, 2.05) is 11.6 Å². The Morgan fingerprint density at radius 2 is 1.79 bits per heavy atom. The highest BCUT2D eigenvalue weighted by molar-refractivity contribution is 7.10. The van der Waals surface area contributed by atoms with Gasteiger partial charge in [0.2, 0.25) is 5.95 Å². The van der Waals surface area contributed by atoms with Crippen LogP contribution < -0.4 is 10.2 Å². The SMILES string of the molecule is Cc1cc(N2CC3CC[C@@H](C2)C3Nc2nc3n(n2)CCCC3c2ccc(C(F)(F)F)cc2)sn1. The second-order valence-corrected chi connectivity index (χ2v) is 10.6. The quantitative estimate of drug-likeness (QED) is 0.539. The van der Waals surface area contributed by atoms with Gasteiger partial charge in [-0.15, -0.1) is 5.10 Å². The van der Waals surface area contributed by atoms with Crippen LogP contribution in [-0.2, 0) is 12.7 Å². The third kappa shape index (κ3) is 3.95. The number of aromatic nitrogens is 4. The van der Waals surface area contributed by atoms with Gasteiger partial charge in [-0.1, -0.05) is 12.1 Å². The average Bonchev–Trinajstić information content (AvgIpc) is 3.48. The van der Waals surface area contributed by atoms with Crippen molar-refractivity contribution in [2.24, 2.45) is 11.8 Å². The Kier molecular flexibility index (Phi) is 5.31. The van der Waals surface area contributed by atoms with Gasteiger partial charge in [0.05, 0.1) is 11.3 Å². The summed E-state index contributed by atoms with van der Waals surface area (Å²) in [6, 6.07) is 8.02. The van der Waals surface area contributed by atoms with Crippen LogP contribution in [0.4, 0.5) is 24.1 Å². The van der Waals surface area contributed by atoms with E-state index in [0.29, 0.717) is 23.8 Å². The Labute approximate surface area is 200 Å². The number of anilines is 2. The van der Waals surface area contributed by atoms with Crippen molar-refractivity contribution >= 4 is 22.5 Å². The monoisotopic (exact) mass is 488 g/mol. The van der Waals surface area contributed by atoms with E-state index >= 15 is 0 Å². The predicted molar refractivity (Wildman–Crippen MR) is 125 cm³/mol. The highest BCUT2D eigenvalue weighted by Crippen LogP contribution is 2.41. The summed E-state index contributed by atoms with van der Waals surface area (Å²) in [6.07, 6.45) is -0.145. The van der Waals surface area contributed by atoms with E-state index in [-0.39, 0.29) is 5.92 Å². The minimum absolute atomic E-state index is 0.0350. The fourth-order valence-electron chi connectivity index (χ4n) is 5.92. The summed E-state index contributed by atoms with van der Waals surface area (Å²) in [5.41, 5.74) is 1.32. The molecule has 1 aromatic carbocycles. The van der Waals surface area contributed by atoms with Gasteiger partial charge in [-0.05, 0) is 79.7 Å². The van der Waals surface area contributed by atoms with Crippen molar-refractivity contribution < 1.29 is 13.2 Å². The normalized spacial score (nSPS) is 26.5. The minimum Gasteiger partial charge on any atom is -0.361 e. The van der Waals surface area contributed by atoms with Gasteiger partial charge in [0.15, 0.2) is 0 Å². The summed E-state index contributed by atoms with van der Waals surface area (Å²) in [7, 11) is 0. The van der Waals surface area contributed by atoms with Crippen molar-refractivity contribution in [1.82, 2.24) is 19.1 Å². The molecule has 3 aromatic rings. The van der Waals surface area contributed by atoms with Crippen LogP contribution in [0.15, 0.2) is 30.3 Å². The van der Waals surface area contributed by atoms with Gasteiger partial charge in [-0.25, -0.2) is 4.68 Å². The lowest BCUT2D eigenvalue weighted by atomic mass is 9.90. The van der Waals surface area contributed by atoms with E-state index in [2.05, 4.69) is 20.7 Å². The molecule has 34 heavy (non-hydrogen) atoms. The largest absolute Gasteiger partial charge is 0.416 e. The van der Waals surface area contributed by atoms with Crippen LogP contribution in [0.25, 0.3) is 0 Å². The molecule has 10 heteroatoms. The second-order valence-electron chi connectivity index (χ2n) is 9.81. The summed E-state index contributed by atoms with van der Waals surface area (Å²) < 4.78 is 45.3. The van der Waals surface area contributed by atoms with E-state index in [9.17, 15) is 13.2 Å². The lowest BCUT2D eigenvalue weighted by Crippen LogP contribution is -2.48. The van der Waals surface area contributed by atoms with Gasteiger partial charge in [-0.2, -0.15) is 22.5 Å². The third-order valence-electron chi connectivity index (χ3n) is 7.57. The zero-order valence-corrected chi connectivity index (χ0v) is 19.7. The predicted octanol–water partition coefficient (Wildman–Crippen LogP) is 5.31. The molecule has 6 nitrogen and oxygen atoms in total. The van der Waals surface area contributed by atoms with Crippen LogP contribution in [0.3, 0.4) is 0 Å². The van der Waals surface area contributed by atoms with Crippen LogP contribution in [0, 0.1) is 18.8 Å². The molecule has 2 bridgehead atoms. The summed E-state index contributed by atoms with van der Waals surface area (Å²) >= 11 is 1.58. The molecule has 1 aliphatic carbocycles. The smallest absolute Gasteiger partial charge is 0.361 e. The maximum atomic E-state index is 13.0. The second kappa shape index (κ2) is 8.25. The number of rotatable bonds is 4. The van der Waals surface area contributed by atoms with Crippen LogP contribution in [-0.4, -0.2) is 38.3 Å². The van der Waals surface area contributed by atoms with Gasteiger partial charge >= 0.3 is 6.18 Å². The first-order chi connectivity index (χ1) is 16.3. The number of benzene rings is 1. The molecule has 2 aliphatic heterocycles. The molecule has 3 unspecified atom stereocenters. The van der Waals surface area contributed by atoms with Gasteiger partial charge < -0.3 is 10.2 Å². The Balaban J connectivity index is 1.19. The molecule has 1 saturated carbocycles. The van der Waals surface area contributed by atoms with E-state index in [4.69, 9.17) is 10.1 Å². The standard InChI is InChI=1S/C24H27F3N6S/c1-14-11-20(34-31-14)32-12-16-4-5-17(13-32)21(16)28-23-29-22-19(3-2-10-33(22)30-23)15-6-8-18(9-7-15)24(25,26)27/h6-9,11,16-17,19,21H,2-5,10,12-13H2,1H3,(H,28,30)/t16-,17?,19?,21?/m0/s1. The third-order valence-corrected chi connectivity index (χ3v) is 8.51. The van der Waals surface area contributed by atoms with Crippen molar-refractivity contribution in [3.8, 4) is 0 Å².